The van der Waals surface area contributed by atoms with E-state index in [0.717, 1.165) is 45.7 Å². The van der Waals surface area contributed by atoms with Gasteiger partial charge in [0.05, 0.1) is 17.1 Å². The summed E-state index contributed by atoms with van der Waals surface area (Å²) in [4.78, 5) is 14.7. The van der Waals surface area contributed by atoms with Gasteiger partial charge < -0.3 is 9.47 Å². The number of para-hydroxylation sites is 1. The number of amides is 1. The lowest BCUT2D eigenvalue weighted by Gasteiger charge is -2.17. The summed E-state index contributed by atoms with van der Waals surface area (Å²) in [5.74, 6) is 1.16. The van der Waals surface area contributed by atoms with Gasteiger partial charge in [0.2, 0.25) is 5.91 Å². The molecule has 0 spiro atoms. The summed E-state index contributed by atoms with van der Waals surface area (Å²) in [5, 5.41) is 14.1. The van der Waals surface area contributed by atoms with Gasteiger partial charge in [-0.05, 0) is 32.9 Å². The van der Waals surface area contributed by atoms with Crippen LogP contribution in [0.2, 0.25) is 0 Å². The van der Waals surface area contributed by atoms with E-state index in [1.165, 1.54) is 11.8 Å². The van der Waals surface area contributed by atoms with Crippen LogP contribution in [0.4, 0.5) is 0 Å². The lowest BCUT2D eigenvalue weighted by molar-refractivity contribution is -0.127. The smallest absolute Gasteiger partial charge is 0.233 e. The van der Waals surface area contributed by atoms with Crippen molar-refractivity contribution in [2.24, 2.45) is 0 Å². The third-order valence-corrected chi connectivity index (χ3v) is 6.60. The molecule has 2 aromatic heterocycles. The Morgan fingerprint density at radius 3 is 2.33 bits per heavy atom. The molecule has 0 unspecified atom stereocenters. The van der Waals surface area contributed by atoms with Crippen molar-refractivity contribution in [3.8, 4) is 17.1 Å². The zero-order valence-corrected chi connectivity index (χ0v) is 20.2. The molecule has 2 aromatic carbocycles. The molecule has 0 N–H and O–H groups in total. The average molecular weight is 461 g/mol. The van der Waals surface area contributed by atoms with Crippen LogP contribution in [0.3, 0.4) is 0 Å². The first kappa shape index (κ1) is 22.8. The topological polar surface area (TPSA) is 68.8 Å². The van der Waals surface area contributed by atoms with E-state index >= 15 is 0 Å². The summed E-state index contributed by atoms with van der Waals surface area (Å²) in [7, 11) is 1.83. The molecule has 0 bridgehead atoms. The number of thioether (sulfide) groups is 1. The third-order valence-electron chi connectivity index (χ3n) is 5.65. The fourth-order valence-electron chi connectivity index (χ4n) is 3.77. The van der Waals surface area contributed by atoms with Crippen LogP contribution >= 0.6 is 11.8 Å². The molecule has 4 aromatic rings. The van der Waals surface area contributed by atoms with Gasteiger partial charge in [-0.3, -0.25) is 4.79 Å². The molecule has 0 saturated carbocycles. The first-order chi connectivity index (χ1) is 16.0. The van der Waals surface area contributed by atoms with Crippen LogP contribution in [-0.4, -0.2) is 48.2 Å². The zero-order chi connectivity index (χ0) is 23.4. The standard InChI is InChI=1S/C25H28N6OS/c1-5-30-24(20-12-8-6-9-13-20)26-27-25(30)33-17-23(32)29(4)16-22-18(2)28-31(19(22)3)21-14-10-7-11-15-21/h6-15H,5,16-17H2,1-4H3. The Labute approximate surface area is 198 Å². The second-order valence-corrected chi connectivity index (χ2v) is 8.79. The van der Waals surface area contributed by atoms with Crippen LogP contribution in [-0.2, 0) is 17.9 Å². The zero-order valence-electron chi connectivity index (χ0n) is 19.4. The van der Waals surface area contributed by atoms with Gasteiger partial charge in [0, 0.05) is 37.0 Å². The largest absolute Gasteiger partial charge is 0.341 e. The number of hydrogen-bond acceptors (Lipinski definition) is 5. The second-order valence-electron chi connectivity index (χ2n) is 7.85. The summed E-state index contributed by atoms with van der Waals surface area (Å²) in [6, 6.07) is 20.0. The second kappa shape index (κ2) is 10.0. The fourth-order valence-corrected chi connectivity index (χ4v) is 4.71. The number of aromatic nitrogens is 5. The Hall–Kier alpha value is -3.39. The van der Waals surface area contributed by atoms with Gasteiger partial charge in [0.25, 0.3) is 0 Å². The van der Waals surface area contributed by atoms with E-state index in [0.29, 0.717) is 12.3 Å². The maximum atomic E-state index is 12.9. The summed E-state index contributed by atoms with van der Waals surface area (Å²) >= 11 is 1.42. The molecule has 1 amide bonds. The number of benzene rings is 2. The van der Waals surface area contributed by atoms with Crippen molar-refractivity contribution in [3.63, 3.8) is 0 Å². The quantitative estimate of drug-likeness (QED) is 0.362. The first-order valence-corrected chi connectivity index (χ1v) is 11.9. The molecular formula is C25H28N6OS. The van der Waals surface area contributed by atoms with E-state index in [2.05, 4.69) is 17.1 Å². The summed E-state index contributed by atoms with van der Waals surface area (Å²) in [5.41, 5.74) is 5.08. The Kier molecular flexibility index (Phi) is 6.93. The van der Waals surface area contributed by atoms with E-state index in [9.17, 15) is 4.79 Å². The number of carbonyl (C=O) groups is 1. The minimum absolute atomic E-state index is 0.0400. The van der Waals surface area contributed by atoms with E-state index in [1.807, 2.05) is 90.8 Å². The monoisotopic (exact) mass is 460 g/mol. The van der Waals surface area contributed by atoms with Crippen LogP contribution in [0.25, 0.3) is 17.1 Å². The van der Waals surface area contributed by atoms with Crippen molar-refractivity contribution in [2.75, 3.05) is 12.8 Å². The number of aryl methyl sites for hydroxylation is 1. The highest BCUT2D eigenvalue weighted by Gasteiger charge is 2.19. The number of carbonyl (C=O) groups excluding carboxylic acids is 1. The molecule has 7 nitrogen and oxygen atoms in total. The van der Waals surface area contributed by atoms with Gasteiger partial charge in [-0.1, -0.05) is 60.3 Å². The molecule has 0 aliphatic rings. The predicted octanol–water partition coefficient (Wildman–Crippen LogP) is 4.52. The van der Waals surface area contributed by atoms with Crippen molar-refractivity contribution in [1.82, 2.24) is 29.4 Å². The summed E-state index contributed by atoms with van der Waals surface area (Å²) in [6.07, 6.45) is 0. The highest BCUT2D eigenvalue weighted by molar-refractivity contribution is 7.99. The third kappa shape index (κ3) is 4.85. The highest BCUT2D eigenvalue weighted by Crippen LogP contribution is 2.24. The van der Waals surface area contributed by atoms with E-state index in [1.54, 1.807) is 4.90 Å². The maximum absolute atomic E-state index is 12.9. The molecule has 0 aliphatic carbocycles. The van der Waals surface area contributed by atoms with Crippen LogP contribution in [0.1, 0.15) is 23.9 Å². The molecule has 4 rings (SSSR count). The van der Waals surface area contributed by atoms with E-state index < -0.39 is 0 Å². The Morgan fingerprint density at radius 2 is 1.67 bits per heavy atom. The van der Waals surface area contributed by atoms with Crippen molar-refractivity contribution >= 4 is 17.7 Å². The molecule has 0 aliphatic heterocycles. The normalized spacial score (nSPS) is 11.0. The van der Waals surface area contributed by atoms with Gasteiger partial charge in [-0.25, -0.2) is 4.68 Å². The lowest BCUT2D eigenvalue weighted by Crippen LogP contribution is -2.28. The number of nitrogens with zero attached hydrogens (tertiary/aromatic N) is 6. The molecule has 170 valence electrons. The van der Waals surface area contributed by atoms with Gasteiger partial charge >= 0.3 is 0 Å². The molecule has 33 heavy (non-hydrogen) atoms. The van der Waals surface area contributed by atoms with Gasteiger partial charge in [0.15, 0.2) is 11.0 Å². The van der Waals surface area contributed by atoms with Crippen molar-refractivity contribution in [2.45, 2.75) is 39.0 Å². The van der Waals surface area contributed by atoms with Crippen LogP contribution in [0.15, 0.2) is 65.8 Å². The van der Waals surface area contributed by atoms with Crippen LogP contribution in [0.5, 0.6) is 0 Å². The molecule has 0 atom stereocenters. The summed E-state index contributed by atoms with van der Waals surface area (Å²) < 4.78 is 3.98. The maximum Gasteiger partial charge on any atom is 0.233 e. The minimum atomic E-state index is 0.0400. The first-order valence-electron chi connectivity index (χ1n) is 11.0. The predicted molar refractivity (Wildman–Crippen MR) is 131 cm³/mol. The minimum Gasteiger partial charge on any atom is -0.341 e. The lowest BCUT2D eigenvalue weighted by atomic mass is 10.2. The van der Waals surface area contributed by atoms with Crippen molar-refractivity contribution < 1.29 is 4.79 Å². The van der Waals surface area contributed by atoms with Crippen LogP contribution < -0.4 is 0 Å². The molecule has 2 heterocycles. The van der Waals surface area contributed by atoms with Crippen molar-refractivity contribution in [3.05, 3.63) is 77.6 Å². The SMILES string of the molecule is CCn1c(SCC(=O)N(C)Cc2c(C)nn(-c3ccccc3)c2C)nnc1-c1ccccc1. The Morgan fingerprint density at radius 1 is 1.00 bits per heavy atom. The van der Waals surface area contributed by atoms with Gasteiger partial charge in [0.1, 0.15) is 0 Å². The number of hydrogen-bond donors (Lipinski definition) is 0. The van der Waals surface area contributed by atoms with E-state index in [-0.39, 0.29) is 5.91 Å². The van der Waals surface area contributed by atoms with Crippen LogP contribution in [0, 0.1) is 13.8 Å². The van der Waals surface area contributed by atoms with E-state index in [4.69, 9.17) is 5.10 Å². The molecule has 0 fully saturated rings. The fraction of sp³-hybridized carbons (Fsp3) is 0.280. The molecule has 8 heteroatoms. The molecule has 0 saturated heterocycles. The Bertz CT molecular complexity index is 1230. The Balaban J connectivity index is 1.43. The van der Waals surface area contributed by atoms with Crippen molar-refractivity contribution in [1.29, 1.82) is 0 Å². The van der Waals surface area contributed by atoms with Gasteiger partial charge in [-0.15, -0.1) is 10.2 Å². The average Bonchev–Trinajstić information content (AvgIpc) is 3.39. The van der Waals surface area contributed by atoms with Gasteiger partial charge in [-0.2, -0.15) is 5.10 Å². The molecular weight excluding hydrogens is 432 g/mol. The number of rotatable bonds is 8. The highest BCUT2D eigenvalue weighted by atomic mass is 32.2. The summed E-state index contributed by atoms with van der Waals surface area (Å²) in [6.45, 7) is 7.35. The molecule has 0 radical (unpaired) electrons.